The van der Waals surface area contributed by atoms with Gasteiger partial charge in [-0.25, -0.2) is 0 Å². The summed E-state index contributed by atoms with van der Waals surface area (Å²) in [4.78, 5) is 11.1. The number of anilines is 1. The largest absolute Gasteiger partial charge is 0.867 e. The number of nitro groups is 1. The van der Waals surface area contributed by atoms with Gasteiger partial charge in [0.05, 0.1) is 4.92 Å². The number of hydrogen-bond donors (Lipinski definition) is 1. The molecule has 0 fully saturated rings. The molecule has 0 aliphatic rings. The van der Waals surface area contributed by atoms with Gasteiger partial charge in [-0.1, -0.05) is 42.5 Å². The van der Waals surface area contributed by atoms with E-state index in [9.17, 15) is 15.2 Å². The quantitative estimate of drug-likeness (QED) is 0.169. The highest BCUT2D eigenvalue weighted by atomic mass is 32.1. The second-order valence-corrected chi connectivity index (χ2v) is 7.33. The molecule has 1 aromatic heterocycles. The third-order valence-corrected chi connectivity index (χ3v) is 5.22. The van der Waals surface area contributed by atoms with E-state index in [2.05, 4.69) is 5.32 Å². The maximum absolute atomic E-state index is 13.4. The van der Waals surface area contributed by atoms with E-state index < -0.39 is 10.7 Å². The highest BCUT2D eigenvalue weighted by molar-refractivity contribution is 7.81. The normalized spacial score (nSPS) is 11.6. The third-order valence-electron chi connectivity index (χ3n) is 4.92. The van der Waals surface area contributed by atoms with Gasteiger partial charge >= 0.3 is 0 Å². The number of nitrogens with zero attached hydrogens (tertiary/aromatic N) is 2. The minimum absolute atomic E-state index is 0.105. The van der Waals surface area contributed by atoms with Crippen molar-refractivity contribution in [3.8, 4) is 0 Å². The molecule has 0 unspecified atom stereocenters. The lowest BCUT2D eigenvalue weighted by Gasteiger charge is -2.18. The van der Waals surface area contributed by atoms with Crippen molar-refractivity contribution < 1.29 is 14.6 Å². The highest BCUT2D eigenvalue weighted by Crippen LogP contribution is 2.25. The number of thiocarbonyl (C=S) groups is 1. The summed E-state index contributed by atoms with van der Waals surface area (Å²) in [5.74, 6) is -0.405. The zero-order chi connectivity index (χ0) is 21.8. The SMILES string of the molecule is Cc1ccc(C([O-])=C(C(=S)Nc2cccc(C)c2C)[n+]2ccccc2)cc1[N+](=O)[O-]. The van der Waals surface area contributed by atoms with Crippen LogP contribution in [0, 0.1) is 30.9 Å². The van der Waals surface area contributed by atoms with Crippen molar-refractivity contribution >= 4 is 40.0 Å². The molecule has 152 valence electrons. The average Bonchev–Trinajstić information content (AvgIpc) is 2.72. The van der Waals surface area contributed by atoms with Gasteiger partial charge in [-0.2, -0.15) is 4.57 Å². The lowest BCUT2D eigenvalue weighted by molar-refractivity contribution is -0.577. The molecule has 0 atom stereocenters. The molecule has 0 radical (unpaired) electrons. The van der Waals surface area contributed by atoms with Crippen molar-refractivity contribution in [2.45, 2.75) is 20.8 Å². The van der Waals surface area contributed by atoms with Crippen molar-refractivity contribution in [3.05, 3.63) is 99.4 Å². The van der Waals surface area contributed by atoms with E-state index >= 15 is 0 Å². The standard InChI is InChI=1S/C23H21N3O3S/c1-15-8-7-9-19(17(15)3)24-23(30)21(25-12-5-4-6-13-25)22(27)18-11-10-16(2)20(14-18)26(28)29/h4-14H,1-3H3,(H-,24,27,30). The fourth-order valence-corrected chi connectivity index (χ4v) is 3.35. The summed E-state index contributed by atoms with van der Waals surface area (Å²) in [7, 11) is 0. The summed E-state index contributed by atoms with van der Waals surface area (Å²) in [6, 6.07) is 15.6. The van der Waals surface area contributed by atoms with E-state index in [0.717, 1.165) is 16.8 Å². The van der Waals surface area contributed by atoms with E-state index in [4.69, 9.17) is 12.2 Å². The zero-order valence-corrected chi connectivity index (χ0v) is 17.7. The molecule has 0 saturated carbocycles. The Balaban J connectivity index is 2.13. The Labute approximate surface area is 180 Å². The molecule has 1 heterocycles. The summed E-state index contributed by atoms with van der Waals surface area (Å²) in [6.45, 7) is 5.60. The summed E-state index contributed by atoms with van der Waals surface area (Å²) in [5, 5.41) is 27.9. The lowest BCUT2D eigenvalue weighted by atomic mass is 10.1. The van der Waals surface area contributed by atoms with E-state index in [-0.39, 0.29) is 21.9 Å². The Bertz CT molecular complexity index is 1160. The molecule has 6 nitrogen and oxygen atoms in total. The minimum Gasteiger partial charge on any atom is -0.867 e. The van der Waals surface area contributed by atoms with E-state index in [0.29, 0.717) is 5.56 Å². The fraction of sp³-hybridized carbons (Fsp3) is 0.130. The minimum atomic E-state index is -0.492. The van der Waals surface area contributed by atoms with Gasteiger partial charge in [0.15, 0.2) is 17.4 Å². The Hall–Kier alpha value is -3.58. The number of pyridine rings is 1. The molecule has 0 spiro atoms. The highest BCUT2D eigenvalue weighted by Gasteiger charge is 2.21. The van der Waals surface area contributed by atoms with Crippen LogP contribution in [0.25, 0.3) is 11.5 Å². The van der Waals surface area contributed by atoms with Crippen LogP contribution in [0.5, 0.6) is 0 Å². The Morgan fingerprint density at radius 3 is 2.37 bits per heavy atom. The van der Waals surface area contributed by atoms with Crippen LogP contribution in [0.15, 0.2) is 67.0 Å². The first-order valence-corrected chi connectivity index (χ1v) is 9.71. The number of rotatable bonds is 5. The van der Waals surface area contributed by atoms with Gasteiger partial charge in [0.25, 0.3) is 5.69 Å². The summed E-state index contributed by atoms with van der Waals surface area (Å²) < 4.78 is 1.62. The predicted octanol–water partition coefficient (Wildman–Crippen LogP) is 3.93. The van der Waals surface area contributed by atoms with Gasteiger partial charge in [-0.05, 0) is 49.3 Å². The monoisotopic (exact) mass is 419 g/mol. The molecule has 0 bridgehead atoms. The summed E-state index contributed by atoms with van der Waals surface area (Å²) >= 11 is 5.61. The summed E-state index contributed by atoms with van der Waals surface area (Å²) in [5.41, 5.74) is 3.71. The molecule has 1 N–H and O–H groups in total. The summed E-state index contributed by atoms with van der Waals surface area (Å²) in [6.07, 6.45) is 3.43. The molecular weight excluding hydrogens is 398 g/mol. The van der Waals surface area contributed by atoms with Gasteiger partial charge in [0, 0.05) is 29.4 Å². The molecule has 3 rings (SSSR count). The average molecular weight is 420 g/mol. The number of aryl methyl sites for hydroxylation is 2. The Morgan fingerprint density at radius 2 is 1.70 bits per heavy atom. The molecule has 0 amide bonds. The van der Waals surface area contributed by atoms with Crippen LogP contribution in [0.1, 0.15) is 22.3 Å². The Kier molecular flexibility index (Phi) is 6.23. The van der Waals surface area contributed by atoms with Crippen molar-refractivity contribution in [3.63, 3.8) is 0 Å². The van der Waals surface area contributed by atoms with Crippen LogP contribution >= 0.6 is 12.2 Å². The molecule has 3 aromatic rings. The number of hydrogen-bond acceptors (Lipinski definition) is 4. The molecule has 7 heteroatoms. The predicted molar refractivity (Wildman–Crippen MR) is 120 cm³/mol. The lowest BCUT2D eigenvalue weighted by Crippen LogP contribution is -2.39. The maximum atomic E-state index is 13.4. The Morgan fingerprint density at radius 1 is 1.00 bits per heavy atom. The van der Waals surface area contributed by atoms with Gasteiger partial charge in [-0.15, -0.1) is 0 Å². The molecule has 0 saturated heterocycles. The van der Waals surface area contributed by atoms with Crippen LogP contribution < -0.4 is 15.0 Å². The fourth-order valence-electron chi connectivity index (χ4n) is 3.04. The smallest absolute Gasteiger partial charge is 0.272 e. The molecular formula is C23H21N3O3S. The molecule has 0 aliphatic heterocycles. The van der Waals surface area contributed by atoms with Crippen LogP contribution in [-0.4, -0.2) is 9.91 Å². The van der Waals surface area contributed by atoms with Crippen LogP contribution in [0.2, 0.25) is 0 Å². The number of benzene rings is 2. The number of aromatic nitrogens is 1. The molecule has 0 aliphatic carbocycles. The van der Waals surface area contributed by atoms with Crippen molar-refractivity contribution in [1.29, 1.82) is 0 Å². The molecule has 30 heavy (non-hydrogen) atoms. The maximum Gasteiger partial charge on any atom is 0.272 e. The zero-order valence-electron chi connectivity index (χ0n) is 16.9. The van der Waals surface area contributed by atoms with Crippen LogP contribution in [0.4, 0.5) is 11.4 Å². The van der Waals surface area contributed by atoms with E-state index in [1.54, 1.807) is 48.1 Å². The van der Waals surface area contributed by atoms with Crippen LogP contribution in [0.3, 0.4) is 0 Å². The first-order valence-electron chi connectivity index (χ1n) is 9.30. The van der Waals surface area contributed by atoms with Gasteiger partial charge < -0.3 is 10.4 Å². The van der Waals surface area contributed by atoms with Crippen molar-refractivity contribution in [1.82, 2.24) is 0 Å². The van der Waals surface area contributed by atoms with Crippen molar-refractivity contribution in [2.24, 2.45) is 0 Å². The molecule has 2 aromatic carbocycles. The van der Waals surface area contributed by atoms with E-state index in [1.807, 2.05) is 38.1 Å². The third kappa shape index (κ3) is 4.36. The second kappa shape index (κ2) is 8.84. The van der Waals surface area contributed by atoms with Crippen molar-refractivity contribution in [2.75, 3.05) is 5.32 Å². The van der Waals surface area contributed by atoms with Gasteiger partial charge in [0.1, 0.15) is 0 Å². The first-order chi connectivity index (χ1) is 14.3. The van der Waals surface area contributed by atoms with E-state index in [1.165, 1.54) is 6.07 Å². The van der Waals surface area contributed by atoms with Gasteiger partial charge in [-0.3, -0.25) is 10.1 Å². The first kappa shape index (κ1) is 21.1. The second-order valence-electron chi connectivity index (χ2n) is 6.92. The van der Waals surface area contributed by atoms with Crippen LogP contribution in [-0.2, 0) is 0 Å². The topological polar surface area (TPSA) is 82.1 Å². The number of nitro benzene ring substituents is 1. The van der Waals surface area contributed by atoms with Gasteiger partial charge in [0.2, 0.25) is 5.70 Å². The number of nitrogens with one attached hydrogen (secondary N) is 1.